The van der Waals surface area contributed by atoms with Crippen LogP contribution in [-0.4, -0.2) is 133 Å². The topological polar surface area (TPSA) is 290 Å². The number of anilines is 4. The zero-order chi connectivity index (χ0) is 76.3. The van der Waals surface area contributed by atoms with Crippen LogP contribution in [0.4, 0.5) is 67.2 Å². The Labute approximate surface area is 611 Å². The van der Waals surface area contributed by atoms with Gasteiger partial charge in [-0.2, -0.15) is 26.3 Å². The summed E-state index contributed by atoms with van der Waals surface area (Å²) in [5, 5.41) is 54.3. The summed E-state index contributed by atoms with van der Waals surface area (Å²) < 4.78 is 136. The van der Waals surface area contributed by atoms with E-state index < -0.39 is 119 Å². The highest BCUT2D eigenvalue weighted by Gasteiger charge is 2.64. The number of aromatic nitrogens is 4. The van der Waals surface area contributed by atoms with Gasteiger partial charge in [0.25, 0.3) is 0 Å². The molecule has 106 heavy (non-hydrogen) atoms. The van der Waals surface area contributed by atoms with Crippen LogP contribution in [0.1, 0.15) is 129 Å². The molecule has 4 aliphatic heterocycles. The van der Waals surface area contributed by atoms with Crippen LogP contribution in [0.3, 0.4) is 0 Å². The molecule has 2 aromatic heterocycles. The van der Waals surface area contributed by atoms with Gasteiger partial charge in [-0.05, 0) is 103 Å². The first-order valence-corrected chi connectivity index (χ1v) is 35.5. The Morgan fingerprint density at radius 3 is 1.41 bits per heavy atom. The first-order chi connectivity index (χ1) is 50.4. The van der Waals surface area contributed by atoms with E-state index in [9.17, 15) is 83.5 Å². The summed E-state index contributed by atoms with van der Waals surface area (Å²) in [5.41, 5.74) is 5.48. The molecule has 568 valence electrons. The summed E-state index contributed by atoms with van der Waals surface area (Å²) in [6.45, 7) is 2.38. The first kappa shape index (κ1) is 78.5. The minimum Gasteiger partial charge on any atom is -0.394 e. The summed E-state index contributed by atoms with van der Waals surface area (Å²) in [5.74, 6) is -6.38. The van der Waals surface area contributed by atoms with Gasteiger partial charge < -0.3 is 71.5 Å². The van der Waals surface area contributed by atoms with Crippen molar-refractivity contribution < 1.29 is 88.6 Å². The van der Waals surface area contributed by atoms with E-state index in [2.05, 4.69) is 37.5 Å². The maximum absolute atomic E-state index is 14.3. The number of alkyl halides is 6. The Balaban J connectivity index is 0.000000237. The lowest BCUT2D eigenvalue weighted by molar-refractivity contribution is -0.142. The number of carbonyl (C=O) groups is 4. The van der Waals surface area contributed by atoms with Crippen LogP contribution in [0.5, 0.6) is 0 Å². The number of imidazole rings is 2. The Kier molecular flexibility index (Phi) is 24.0. The number of aliphatic hydroxyl groups excluding tert-OH is 5. The lowest BCUT2D eigenvalue weighted by atomic mass is 9.62. The van der Waals surface area contributed by atoms with Crippen molar-refractivity contribution in [3.63, 3.8) is 0 Å². The largest absolute Gasteiger partial charge is 0.419 e. The second-order valence-electron chi connectivity index (χ2n) is 27.4. The third-order valence-corrected chi connectivity index (χ3v) is 21.3. The summed E-state index contributed by atoms with van der Waals surface area (Å²) in [6.07, 6.45) is -8.74. The molecule has 6 heterocycles. The average Bonchev–Trinajstić information content (AvgIpc) is 0.740. The van der Waals surface area contributed by atoms with E-state index in [0.717, 1.165) is 73.9 Å². The first-order valence-electron chi connectivity index (χ1n) is 34.8. The predicted molar refractivity (Wildman–Crippen MR) is 376 cm³/mol. The van der Waals surface area contributed by atoms with Gasteiger partial charge in [-0.3, -0.25) is 19.2 Å². The van der Waals surface area contributed by atoms with Crippen molar-refractivity contribution in [1.82, 2.24) is 30.6 Å². The molecule has 0 bridgehead atoms. The molecule has 0 aliphatic carbocycles. The Bertz CT molecular complexity index is 4480. The van der Waals surface area contributed by atoms with Gasteiger partial charge in [0.15, 0.2) is 0 Å². The normalized spacial score (nSPS) is 18.7. The van der Waals surface area contributed by atoms with Gasteiger partial charge in [0, 0.05) is 69.3 Å². The predicted octanol–water partition coefficient (Wildman–Crippen LogP) is 12.2. The summed E-state index contributed by atoms with van der Waals surface area (Å²) in [6, 6.07) is 24.9. The monoisotopic (exact) mass is 1530 g/mol. The number of β-lactam (4-membered cyclic amide) rings is 2. The molecule has 0 saturated carbocycles. The molecule has 4 fully saturated rings. The number of piperidine rings is 2. The van der Waals surface area contributed by atoms with E-state index in [1.807, 2.05) is 29.2 Å². The van der Waals surface area contributed by atoms with E-state index >= 15 is 0 Å². The molecule has 4 aliphatic rings. The lowest BCUT2D eigenvalue weighted by Crippen LogP contribution is -2.66. The van der Waals surface area contributed by atoms with Crippen LogP contribution in [0.25, 0.3) is 22.1 Å². The number of halogens is 12. The molecule has 2 spiro atoms. The number of aromatic amines is 2. The smallest absolute Gasteiger partial charge is 0.394 e. The third-order valence-electron chi connectivity index (χ3n) is 20.7. The van der Waals surface area contributed by atoms with E-state index in [1.165, 1.54) is 30.3 Å². The number of aliphatic hydroxyl groups is 5. The van der Waals surface area contributed by atoms with E-state index in [4.69, 9.17) is 34.0 Å². The van der Waals surface area contributed by atoms with Crippen molar-refractivity contribution in [1.29, 1.82) is 0 Å². The highest BCUT2D eigenvalue weighted by Crippen LogP contribution is 2.60. The Morgan fingerprint density at radius 1 is 0.575 bits per heavy atom. The van der Waals surface area contributed by atoms with Crippen molar-refractivity contribution in [3.8, 4) is 0 Å². The molecule has 20 nitrogen and oxygen atoms in total. The second kappa shape index (κ2) is 32.4. The lowest BCUT2D eigenvalue weighted by Gasteiger charge is -2.59. The fraction of sp³-hybridized carbons (Fsp3) is 0.432. The SMILES string of the molecule is CCCCCCCCCC(C(=O)NCc1ccc(C2N(c3ccc(F)c(Cl)c3)C(=O)C23CCN(c2nc4cc(F)c(C(F)(F)F)cc4[nH]2)CC3)cc1)C(=O)NC[C@@H](O)[C@H](O)[C@@H](O)[C@@H](O)CO.NCc1ccc(C2N(c3ccc(F)c(Cl)c3)C(=O)C23CCN(c2nc4cc(F)c(C(F)(F)F)cc4[nH]2)CC3)cc1. The summed E-state index contributed by atoms with van der Waals surface area (Å²) >= 11 is 12.2. The molecule has 7 atom stereocenters. The van der Waals surface area contributed by atoms with Crippen LogP contribution in [0, 0.1) is 40.0 Å². The zero-order valence-corrected chi connectivity index (χ0v) is 58.8. The maximum atomic E-state index is 14.3. The number of nitrogens with one attached hydrogen (secondary N) is 4. The number of fused-ring (bicyclic) bond motifs is 2. The van der Waals surface area contributed by atoms with Crippen molar-refractivity contribution in [2.75, 3.05) is 58.9 Å². The number of nitrogens with two attached hydrogens (primary N) is 1. The molecule has 4 amide bonds. The molecule has 11 N–H and O–H groups in total. The minimum atomic E-state index is -4.90. The number of benzene rings is 6. The fourth-order valence-electron chi connectivity index (χ4n) is 14.7. The van der Waals surface area contributed by atoms with Gasteiger partial charge in [0.05, 0.1) is 78.9 Å². The van der Waals surface area contributed by atoms with E-state index in [1.54, 1.807) is 39.0 Å². The van der Waals surface area contributed by atoms with Crippen molar-refractivity contribution >= 4 is 92.2 Å². The maximum Gasteiger partial charge on any atom is 0.419 e. The van der Waals surface area contributed by atoms with Crippen molar-refractivity contribution in [2.24, 2.45) is 22.5 Å². The van der Waals surface area contributed by atoms with Crippen LogP contribution < -0.4 is 36.0 Å². The van der Waals surface area contributed by atoms with E-state index in [0.29, 0.717) is 86.3 Å². The van der Waals surface area contributed by atoms with Gasteiger partial charge in [-0.25, -0.2) is 27.5 Å². The quantitative estimate of drug-likeness (QED) is 0.0110. The Hall–Kier alpha value is -8.62. The van der Waals surface area contributed by atoms with E-state index in [-0.39, 0.29) is 82.0 Å². The number of unbranched alkanes of at least 4 members (excludes halogenated alkanes) is 6. The van der Waals surface area contributed by atoms with Crippen molar-refractivity contribution in [2.45, 2.75) is 146 Å². The standard InChI is InChI=1S/C46H56ClF5N6O8.C28H23ClF5N5O/c1-2-3-4-5-6-7-8-9-29(42(65)54-24-36(60)38(62)39(63)37(61)25-59)41(64)53-23-26-10-12-27(13-11-26)40-45(43(66)58(40)28-14-15-32(48)31(47)20-28)16-18-57(19-17-45)44-55-34-21-30(46(50,51)52)33(49)22-35(34)56-44;29-19-11-17(5-6-20(19)30)39-24(16-3-1-15(14-35)2-4-16)27(25(39)40)7-9-38(10-8-27)26-36-22-12-18(28(32,33)34)21(31)13-23(22)37-26/h10-15,20-22,29,36-40,59-63H,2-9,16-19,23-25H2,1H3,(H,53,64)(H,54,65)(H,55,56);1-6,11-13,24H,7-10,14,35H2,(H,36,37)/t29?,36-,37+,38+,39+,40?;/m1./s1. The molecule has 3 unspecified atom stereocenters. The molecule has 8 aromatic rings. The molecule has 32 heteroatoms. The van der Waals surface area contributed by atoms with Gasteiger partial charge >= 0.3 is 12.4 Å². The van der Waals surface area contributed by atoms with Crippen molar-refractivity contribution in [3.05, 3.63) is 176 Å². The van der Waals surface area contributed by atoms with Gasteiger partial charge in [-0.1, -0.05) is 124 Å². The zero-order valence-electron chi connectivity index (χ0n) is 57.2. The molecule has 4 saturated heterocycles. The summed E-state index contributed by atoms with van der Waals surface area (Å²) in [7, 11) is 0. The van der Waals surface area contributed by atoms with Crippen LogP contribution >= 0.6 is 23.2 Å². The van der Waals surface area contributed by atoms with Crippen LogP contribution in [0.15, 0.2) is 109 Å². The number of amides is 4. The molecular formula is C74H79Cl2F10N11O9. The second-order valence-corrected chi connectivity index (χ2v) is 28.2. The molecule has 0 radical (unpaired) electrons. The van der Waals surface area contributed by atoms with Crippen LogP contribution in [-0.2, 0) is 44.6 Å². The fourth-order valence-corrected chi connectivity index (χ4v) is 15.0. The number of carbonyl (C=O) groups excluding carboxylic acids is 4. The minimum absolute atomic E-state index is 0.00442. The number of hydrogen-bond acceptors (Lipinski definition) is 14. The number of rotatable bonds is 25. The van der Waals surface area contributed by atoms with Crippen LogP contribution in [0.2, 0.25) is 10.0 Å². The summed E-state index contributed by atoms with van der Waals surface area (Å²) in [4.78, 5) is 76.2. The van der Waals surface area contributed by atoms with Gasteiger partial charge in [0.1, 0.15) is 47.5 Å². The average molecular weight is 1530 g/mol. The Morgan fingerprint density at radius 2 is 0.991 bits per heavy atom. The number of H-pyrrole nitrogens is 2. The molecule has 12 rings (SSSR count). The third kappa shape index (κ3) is 16.3. The molecule has 6 aromatic carbocycles. The molecular weight excluding hydrogens is 1450 g/mol. The van der Waals surface area contributed by atoms with Gasteiger partial charge in [0.2, 0.25) is 35.5 Å². The highest BCUT2D eigenvalue weighted by atomic mass is 35.5. The van der Waals surface area contributed by atoms with Gasteiger partial charge in [-0.15, -0.1) is 0 Å². The number of hydrogen-bond donors (Lipinski definition) is 10. The highest BCUT2D eigenvalue weighted by molar-refractivity contribution is 6.31. The number of nitrogens with zero attached hydrogens (tertiary/aromatic N) is 6.